The number of nitrogens with zero attached hydrogens (tertiary/aromatic N) is 2. The van der Waals surface area contributed by atoms with Gasteiger partial charge in [-0.25, -0.2) is 9.97 Å². The van der Waals surface area contributed by atoms with Crippen LogP contribution in [0.4, 0.5) is 0 Å². The quantitative estimate of drug-likeness (QED) is 0.125. The summed E-state index contributed by atoms with van der Waals surface area (Å²) in [5.41, 5.74) is 13.5. The van der Waals surface area contributed by atoms with E-state index in [2.05, 4.69) is 188 Å². The van der Waals surface area contributed by atoms with E-state index in [1.165, 1.54) is 43.4 Å². The summed E-state index contributed by atoms with van der Waals surface area (Å²) in [6.45, 7) is 0. The van der Waals surface area contributed by atoms with Gasteiger partial charge in [0.2, 0.25) is 0 Å². The minimum Gasteiger partial charge on any atom is -0.456 e. The van der Waals surface area contributed by atoms with Crippen molar-refractivity contribution in [3.8, 4) is 67.3 Å². The summed E-state index contributed by atoms with van der Waals surface area (Å²) in [6.07, 6.45) is 0. The highest BCUT2D eigenvalue weighted by Gasteiger charge is 2.17. The molecule has 2 aromatic heterocycles. The maximum Gasteiger partial charge on any atom is 0.160 e. The Labute approximate surface area is 352 Å². The lowest BCUT2D eigenvalue weighted by atomic mass is 9.89. The highest BCUT2D eigenvalue weighted by atomic mass is 16.3. The first-order valence-electron chi connectivity index (χ1n) is 20.7. The van der Waals surface area contributed by atoms with Crippen molar-refractivity contribution < 1.29 is 4.42 Å². The standard InChI is InChI=1S/C58H36N2O/c1-2-13-42(14-3-1)58-59-53(36-54(60-58)48-19-9-8-17-46(48)44-31-33-56-52(35-44)49-20-10-11-21-55(49)61-56)40-26-22-37(23-27-40)38-24-28-41(29-25-38)57-47-18-7-5-15-43(47)34-51-45-16-6-4-12-39(45)30-32-50(51)57/h1-36H. The van der Waals surface area contributed by atoms with Crippen LogP contribution in [0.25, 0.3) is 122 Å². The molecule has 3 nitrogen and oxygen atoms in total. The van der Waals surface area contributed by atoms with Gasteiger partial charge in [0.25, 0.3) is 0 Å². The Bertz CT molecular complexity index is 3620. The van der Waals surface area contributed by atoms with Crippen molar-refractivity contribution in [2.75, 3.05) is 0 Å². The molecule has 0 unspecified atom stereocenters. The third-order valence-electron chi connectivity index (χ3n) is 12.1. The van der Waals surface area contributed by atoms with E-state index in [9.17, 15) is 0 Å². The number of hydrogen-bond acceptors (Lipinski definition) is 3. The predicted molar refractivity (Wildman–Crippen MR) is 254 cm³/mol. The van der Waals surface area contributed by atoms with Crippen LogP contribution in [0.1, 0.15) is 0 Å². The molecule has 10 aromatic carbocycles. The molecule has 3 heteroatoms. The summed E-state index contributed by atoms with van der Waals surface area (Å²) in [5, 5.41) is 9.80. The first kappa shape index (κ1) is 34.9. The maximum atomic E-state index is 6.17. The van der Waals surface area contributed by atoms with Crippen molar-refractivity contribution in [3.63, 3.8) is 0 Å². The van der Waals surface area contributed by atoms with Crippen molar-refractivity contribution in [1.82, 2.24) is 9.97 Å². The molecular weight excluding hydrogens is 741 g/mol. The lowest BCUT2D eigenvalue weighted by molar-refractivity contribution is 0.669. The Balaban J connectivity index is 0.922. The third-order valence-corrected chi connectivity index (χ3v) is 12.1. The van der Waals surface area contributed by atoms with Gasteiger partial charge in [-0.15, -0.1) is 0 Å². The van der Waals surface area contributed by atoms with Crippen LogP contribution in [0.3, 0.4) is 0 Å². The number of aromatic nitrogens is 2. The van der Waals surface area contributed by atoms with E-state index >= 15 is 0 Å². The van der Waals surface area contributed by atoms with Gasteiger partial charge in [-0.1, -0.05) is 188 Å². The summed E-state index contributed by atoms with van der Waals surface area (Å²) in [5.74, 6) is 0.688. The molecule has 0 radical (unpaired) electrons. The lowest BCUT2D eigenvalue weighted by Gasteiger charge is -2.15. The van der Waals surface area contributed by atoms with Crippen molar-refractivity contribution in [2.24, 2.45) is 0 Å². The smallest absolute Gasteiger partial charge is 0.160 e. The second-order valence-electron chi connectivity index (χ2n) is 15.7. The van der Waals surface area contributed by atoms with Crippen molar-refractivity contribution >= 4 is 54.3 Å². The average Bonchev–Trinajstić information content (AvgIpc) is 3.71. The SMILES string of the molecule is c1ccc(-c2nc(-c3ccc(-c4ccc(-c5c6ccccc6cc6c5ccc5ccccc56)cc4)cc3)cc(-c3ccccc3-c3ccc4oc5ccccc5c4c3)n2)cc1. The molecule has 0 saturated heterocycles. The van der Waals surface area contributed by atoms with E-state index in [0.717, 1.165) is 72.3 Å². The molecule has 0 aliphatic carbocycles. The topological polar surface area (TPSA) is 38.9 Å². The van der Waals surface area contributed by atoms with Crippen LogP contribution in [0.5, 0.6) is 0 Å². The fourth-order valence-corrected chi connectivity index (χ4v) is 9.10. The van der Waals surface area contributed by atoms with E-state index in [1.807, 2.05) is 30.3 Å². The minimum atomic E-state index is 0.688. The summed E-state index contributed by atoms with van der Waals surface area (Å²) >= 11 is 0. The van der Waals surface area contributed by atoms with E-state index in [-0.39, 0.29) is 0 Å². The predicted octanol–water partition coefficient (Wildman–Crippen LogP) is 15.8. The zero-order chi connectivity index (χ0) is 40.3. The van der Waals surface area contributed by atoms with Crippen LogP contribution >= 0.6 is 0 Å². The second kappa shape index (κ2) is 14.3. The van der Waals surface area contributed by atoms with Crippen LogP contribution in [0.15, 0.2) is 223 Å². The second-order valence-corrected chi connectivity index (χ2v) is 15.7. The summed E-state index contributed by atoms with van der Waals surface area (Å²) in [4.78, 5) is 10.4. The van der Waals surface area contributed by atoms with Gasteiger partial charge in [-0.05, 0) is 96.0 Å². The van der Waals surface area contributed by atoms with Gasteiger partial charge in [0, 0.05) is 27.5 Å². The van der Waals surface area contributed by atoms with Crippen molar-refractivity contribution in [3.05, 3.63) is 218 Å². The Kier molecular flexibility index (Phi) is 8.17. The summed E-state index contributed by atoms with van der Waals surface area (Å²) < 4.78 is 6.17. The van der Waals surface area contributed by atoms with Crippen LogP contribution in [0.2, 0.25) is 0 Å². The minimum absolute atomic E-state index is 0.688. The van der Waals surface area contributed by atoms with Crippen molar-refractivity contribution in [1.29, 1.82) is 0 Å². The van der Waals surface area contributed by atoms with Crippen molar-refractivity contribution in [2.45, 2.75) is 0 Å². The monoisotopic (exact) mass is 776 g/mol. The molecule has 0 saturated carbocycles. The van der Waals surface area contributed by atoms with E-state index in [4.69, 9.17) is 14.4 Å². The van der Waals surface area contributed by atoms with Gasteiger partial charge in [0.1, 0.15) is 11.2 Å². The molecule has 0 spiro atoms. The molecule has 284 valence electrons. The van der Waals surface area contributed by atoms with Crippen LogP contribution in [-0.4, -0.2) is 9.97 Å². The van der Waals surface area contributed by atoms with Gasteiger partial charge in [-0.2, -0.15) is 0 Å². The molecule has 0 aliphatic heterocycles. The molecule has 0 aliphatic rings. The normalized spacial score (nSPS) is 11.6. The average molecular weight is 777 g/mol. The maximum absolute atomic E-state index is 6.17. The molecule has 0 atom stereocenters. The number of benzene rings is 10. The molecule has 2 heterocycles. The number of para-hydroxylation sites is 1. The highest BCUT2D eigenvalue weighted by Crippen LogP contribution is 2.41. The van der Waals surface area contributed by atoms with Gasteiger partial charge >= 0.3 is 0 Å². The zero-order valence-corrected chi connectivity index (χ0v) is 33.1. The Morgan fingerprint density at radius 3 is 1.67 bits per heavy atom. The fourth-order valence-electron chi connectivity index (χ4n) is 9.10. The molecule has 0 N–H and O–H groups in total. The van der Waals surface area contributed by atoms with Crippen LogP contribution in [-0.2, 0) is 0 Å². The van der Waals surface area contributed by atoms with E-state index in [1.54, 1.807) is 0 Å². The van der Waals surface area contributed by atoms with E-state index in [0.29, 0.717) is 5.82 Å². The highest BCUT2D eigenvalue weighted by molar-refractivity contribution is 6.20. The first-order chi connectivity index (χ1) is 30.2. The van der Waals surface area contributed by atoms with E-state index < -0.39 is 0 Å². The molecule has 0 amide bonds. The number of hydrogen-bond donors (Lipinski definition) is 0. The number of fused-ring (bicyclic) bond motifs is 7. The Hall–Kier alpha value is -8.14. The largest absolute Gasteiger partial charge is 0.456 e. The lowest BCUT2D eigenvalue weighted by Crippen LogP contribution is -1.97. The summed E-state index contributed by atoms with van der Waals surface area (Å²) in [6, 6.07) is 77.6. The molecule has 12 rings (SSSR count). The first-order valence-corrected chi connectivity index (χ1v) is 20.7. The van der Waals surface area contributed by atoms with Crippen LogP contribution in [0, 0.1) is 0 Å². The van der Waals surface area contributed by atoms with Gasteiger partial charge in [0.05, 0.1) is 11.4 Å². The van der Waals surface area contributed by atoms with Gasteiger partial charge in [0.15, 0.2) is 5.82 Å². The Morgan fingerprint density at radius 1 is 0.279 bits per heavy atom. The number of rotatable bonds is 6. The molecule has 0 bridgehead atoms. The zero-order valence-electron chi connectivity index (χ0n) is 33.1. The van der Waals surface area contributed by atoms with Gasteiger partial charge < -0.3 is 4.42 Å². The fraction of sp³-hybridized carbons (Fsp3) is 0. The molecule has 12 aromatic rings. The Morgan fingerprint density at radius 2 is 0.869 bits per heavy atom. The molecular formula is C58H36N2O. The van der Waals surface area contributed by atoms with Gasteiger partial charge in [-0.3, -0.25) is 0 Å². The summed E-state index contributed by atoms with van der Waals surface area (Å²) in [7, 11) is 0. The third kappa shape index (κ3) is 6.06. The molecule has 0 fully saturated rings. The number of furan rings is 1. The van der Waals surface area contributed by atoms with Crippen LogP contribution < -0.4 is 0 Å². The molecule has 61 heavy (non-hydrogen) atoms.